The molecular weight excluding hydrogens is 553 g/mol. The molecule has 0 fully saturated rings. The van der Waals surface area contributed by atoms with E-state index >= 15 is 0 Å². The fourth-order valence-electron chi connectivity index (χ4n) is 7.43. The van der Waals surface area contributed by atoms with Crippen LogP contribution in [0, 0.1) is 0 Å². The Labute approximate surface area is 278 Å². The molecule has 0 spiro atoms. The predicted molar refractivity (Wildman–Crippen MR) is 200 cm³/mol. The van der Waals surface area contributed by atoms with Gasteiger partial charge in [-0.3, -0.25) is 0 Å². The van der Waals surface area contributed by atoms with Gasteiger partial charge in [-0.15, -0.1) is 0 Å². The van der Waals surface area contributed by atoms with Gasteiger partial charge in [0, 0.05) is 0 Å². The number of fused-ring (bicyclic) bond motifs is 10. The molecule has 10 aromatic carbocycles. The first kappa shape index (κ1) is 18.7. The lowest BCUT2D eigenvalue weighted by molar-refractivity contribution is 1.69. The smallest absolute Gasteiger partial charge is 0.0616 e. The summed E-state index contributed by atoms with van der Waals surface area (Å²) in [7, 11) is 0. The first-order valence-corrected chi connectivity index (χ1v) is 15.4. The summed E-state index contributed by atoms with van der Waals surface area (Å²) in [6.07, 6.45) is 0. The lowest BCUT2D eigenvalue weighted by Gasteiger charge is -2.20. The third-order valence-corrected chi connectivity index (χ3v) is 9.43. The van der Waals surface area contributed by atoms with Crippen molar-refractivity contribution in [2.24, 2.45) is 0 Å². The van der Waals surface area contributed by atoms with Crippen LogP contribution in [-0.4, -0.2) is 0 Å². The van der Waals surface area contributed by atoms with Crippen LogP contribution >= 0.6 is 0 Å². The molecule has 46 heavy (non-hydrogen) atoms. The third-order valence-electron chi connectivity index (χ3n) is 9.43. The summed E-state index contributed by atoms with van der Waals surface area (Å²) in [5.74, 6) is 0. The van der Waals surface area contributed by atoms with Gasteiger partial charge in [0.05, 0.1) is 11.0 Å². The molecule has 0 amide bonds. The third kappa shape index (κ3) is 3.62. The summed E-state index contributed by atoms with van der Waals surface area (Å²) in [6.45, 7) is 0. The molecular formula is C46H28. The lowest BCUT2D eigenvalue weighted by atomic mass is 9.83. The largest absolute Gasteiger partial charge is 0.0629 e. The van der Waals surface area contributed by atoms with Crippen LogP contribution in [0.4, 0.5) is 0 Å². The fraction of sp³-hybridized carbons (Fsp3) is 0. The van der Waals surface area contributed by atoms with Gasteiger partial charge in [-0.25, -0.2) is 0 Å². The highest BCUT2D eigenvalue weighted by Gasteiger charge is 2.19. The van der Waals surface area contributed by atoms with Crippen LogP contribution in [0.5, 0.6) is 0 Å². The average molecular weight is 589 g/mol. The van der Waals surface area contributed by atoms with E-state index in [0.717, 1.165) is 53.9 Å². The zero-order valence-corrected chi connectivity index (χ0v) is 24.5. The van der Waals surface area contributed by atoms with Crippen LogP contribution in [0.2, 0.25) is 0 Å². The molecule has 0 aliphatic carbocycles. The van der Waals surface area contributed by atoms with Crippen LogP contribution in [-0.2, 0) is 0 Å². The Hall–Kier alpha value is -5.98. The van der Waals surface area contributed by atoms with E-state index in [-0.39, 0.29) is 45.7 Å². The Bertz CT molecular complexity index is 3230. The molecule has 0 N–H and O–H groups in total. The molecule has 0 bridgehead atoms. The second kappa shape index (κ2) is 9.76. The standard InChI is InChI=1S/C46H28/c1-3-13-34-29(11-1)21-22-31-24-26-32(27-42(31)34)45-38-17-7-9-19-40(38)46(41-20-10-8-18-39(41)45)43-28-33-25-23-30-12-2-4-14-35(30)44(33)37-16-6-5-15-36(37)43/h1-28H/i7D,8D,9D,10D,17D,18D,19D,20D. The van der Waals surface area contributed by atoms with Crippen molar-refractivity contribution in [1.82, 2.24) is 0 Å². The van der Waals surface area contributed by atoms with Crippen molar-refractivity contribution in [3.63, 3.8) is 0 Å². The topological polar surface area (TPSA) is 0 Å². The highest BCUT2D eigenvalue weighted by atomic mass is 14.2. The number of hydrogen-bond acceptors (Lipinski definition) is 0. The van der Waals surface area contributed by atoms with Gasteiger partial charge in [0.1, 0.15) is 0 Å². The van der Waals surface area contributed by atoms with E-state index in [4.69, 9.17) is 5.48 Å². The van der Waals surface area contributed by atoms with Gasteiger partial charge >= 0.3 is 0 Å². The number of benzene rings is 10. The normalized spacial score (nSPS) is 14.3. The Morgan fingerprint density at radius 2 is 0.804 bits per heavy atom. The highest BCUT2D eigenvalue weighted by Crippen LogP contribution is 2.47. The SMILES string of the molecule is [2H]c1c([2H])c([2H])c2c(-c3cc4ccc5ccccc5c4c4ccccc34)c3c([2H])c([2H])c([2H])c([2H])c3c(-c3ccc4ccc5ccccc5c4c3)c2c1[2H]. The van der Waals surface area contributed by atoms with Crippen LogP contribution in [0.15, 0.2) is 170 Å². The van der Waals surface area contributed by atoms with E-state index in [9.17, 15) is 5.48 Å². The molecule has 0 unspecified atom stereocenters. The molecule has 0 saturated heterocycles. The monoisotopic (exact) mass is 588 g/mol. The zero-order chi connectivity index (χ0) is 37.2. The van der Waals surface area contributed by atoms with E-state index in [1.54, 1.807) is 0 Å². The van der Waals surface area contributed by atoms with Crippen molar-refractivity contribution < 1.29 is 11.0 Å². The quantitative estimate of drug-likeness (QED) is 0.139. The van der Waals surface area contributed by atoms with E-state index in [0.29, 0.717) is 22.3 Å². The number of rotatable bonds is 2. The Balaban J connectivity index is 1.48. The van der Waals surface area contributed by atoms with Gasteiger partial charge in [-0.1, -0.05) is 158 Å². The maximum Gasteiger partial charge on any atom is 0.0629 e. The molecule has 10 aromatic rings. The molecule has 0 aliphatic heterocycles. The molecule has 0 heterocycles. The minimum absolute atomic E-state index is 0.204. The fourth-order valence-corrected chi connectivity index (χ4v) is 7.43. The summed E-state index contributed by atoms with van der Waals surface area (Å²) in [4.78, 5) is 0. The first-order valence-electron chi connectivity index (χ1n) is 19.4. The van der Waals surface area contributed by atoms with Crippen LogP contribution in [0.1, 0.15) is 11.0 Å². The van der Waals surface area contributed by atoms with Gasteiger partial charge in [-0.05, 0) is 110 Å². The van der Waals surface area contributed by atoms with Crippen molar-refractivity contribution >= 4 is 75.4 Å². The molecule has 10 rings (SSSR count). The van der Waals surface area contributed by atoms with Gasteiger partial charge in [-0.2, -0.15) is 0 Å². The maximum atomic E-state index is 9.51. The van der Waals surface area contributed by atoms with Crippen molar-refractivity contribution in [1.29, 1.82) is 0 Å². The Morgan fingerprint density at radius 3 is 1.48 bits per heavy atom. The van der Waals surface area contributed by atoms with E-state index in [1.807, 2.05) is 97.1 Å². The Morgan fingerprint density at radius 1 is 0.326 bits per heavy atom. The minimum atomic E-state index is -0.416. The summed E-state index contributed by atoms with van der Waals surface area (Å²) >= 11 is 0. The molecule has 0 radical (unpaired) electrons. The highest BCUT2D eigenvalue weighted by molar-refractivity contribution is 6.28. The average Bonchev–Trinajstić information content (AvgIpc) is 3.21. The van der Waals surface area contributed by atoms with Gasteiger partial charge in [0.15, 0.2) is 0 Å². The van der Waals surface area contributed by atoms with Crippen LogP contribution < -0.4 is 0 Å². The molecule has 0 aliphatic rings. The van der Waals surface area contributed by atoms with Gasteiger partial charge in [0.2, 0.25) is 0 Å². The van der Waals surface area contributed by atoms with Crippen molar-refractivity contribution in [2.75, 3.05) is 0 Å². The second-order valence-corrected chi connectivity index (χ2v) is 11.8. The minimum Gasteiger partial charge on any atom is -0.0616 e. The summed E-state index contributed by atoms with van der Waals surface area (Å²) in [5, 5.41) is 10.6. The lowest BCUT2D eigenvalue weighted by Crippen LogP contribution is -1.92. The summed E-state index contributed by atoms with van der Waals surface area (Å²) in [6, 6.07) is 37.3. The van der Waals surface area contributed by atoms with E-state index < -0.39 is 24.2 Å². The molecule has 0 atom stereocenters. The number of hydrogen-bond donors (Lipinski definition) is 0. The van der Waals surface area contributed by atoms with E-state index in [1.165, 1.54) is 0 Å². The Kier molecular flexibility index (Phi) is 3.98. The van der Waals surface area contributed by atoms with Crippen molar-refractivity contribution in [2.45, 2.75) is 0 Å². The van der Waals surface area contributed by atoms with Gasteiger partial charge < -0.3 is 0 Å². The predicted octanol–water partition coefficient (Wildman–Crippen LogP) is 13.1. The van der Waals surface area contributed by atoms with Crippen molar-refractivity contribution in [3.8, 4) is 22.3 Å². The van der Waals surface area contributed by atoms with Crippen molar-refractivity contribution in [3.05, 3.63) is 170 Å². The summed E-state index contributed by atoms with van der Waals surface area (Å²) in [5.41, 5.74) is 1.90. The first-order chi connectivity index (χ1) is 26.2. The molecule has 0 aromatic heterocycles. The second-order valence-electron chi connectivity index (χ2n) is 11.8. The molecule has 0 saturated carbocycles. The summed E-state index contributed by atoms with van der Waals surface area (Å²) < 4.78 is 73.6. The molecule has 0 nitrogen and oxygen atoms in total. The zero-order valence-electron chi connectivity index (χ0n) is 32.5. The van der Waals surface area contributed by atoms with Gasteiger partial charge in [0.25, 0.3) is 0 Å². The van der Waals surface area contributed by atoms with Crippen LogP contribution in [0.3, 0.4) is 0 Å². The maximum absolute atomic E-state index is 9.51. The molecule has 0 heteroatoms. The van der Waals surface area contributed by atoms with E-state index in [2.05, 4.69) is 24.3 Å². The molecule has 212 valence electrons. The van der Waals surface area contributed by atoms with Crippen LogP contribution in [0.25, 0.3) is 97.7 Å².